The highest BCUT2D eigenvalue weighted by Crippen LogP contribution is 2.23. The van der Waals surface area contributed by atoms with Gasteiger partial charge in [0.25, 0.3) is 0 Å². The molecule has 0 amide bonds. The molecule has 1 saturated heterocycles. The third kappa shape index (κ3) is 2.87. The van der Waals surface area contributed by atoms with Gasteiger partial charge in [0.15, 0.2) is 11.7 Å². The predicted octanol–water partition coefficient (Wildman–Crippen LogP) is 0.498. The van der Waals surface area contributed by atoms with Crippen LogP contribution >= 0.6 is 0 Å². The van der Waals surface area contributed by atoms with Gasteiger partial charge in [-0.1, -0.05) is 29.4 Å². The first-order valence-electron chi connectivity index (χ1n) is 6.92. The molecule has 0 unspecified atom stereocenters. The first kappa shape index (κ1) is 13.6. The summed E-state index contributed by atoms with van der Waals surface area (Å²) >= 11 is 0. The molecule has 2 aromatic rings. The van der Waals surface area contributed by atoms with E-state index in [2.05, 4.69) is 31.2 Å². The van der Waals surface area contributed by atoms with Crippen molar-refractivity contribution in [2.24, 2.45) is 10.9 Å². The Bertz CT molecular complexity index is 645. The third-order valence-electron chi connectivity index (χ3n) is 3.74. The number of oxime groups is 1. The van der Waals surface area contributed by atoms with Gasteiger partial charge >= 0.3 is 0 Å². The Balaban J connectivity index is 1.74. The van der Waals surface area contributed by atoms with Crippen molar-refractivity contribution in [3.63, 3.8) is 0 Å². The molecule has 7 nitrogen and oxygen atoms in total. The minimum absolute atomic E-state index is 0.244. The van der Waals surface area contributed by atoms with Crippen LogP contribution in [0.5, 0.6) is 0 Å². The fourth-order valence-corrected chi connectivity index (χ4v) is 2.62. The van der Waals surface area contributed by atoms with Gasteiger partial charge < -0.3 is 15.8 Å². The van der Waals surface area contributed by atoms with E-state index in [4.69, 9.17) is 10.9 Å². The number of hydrogen-bond donors (Lipinski definition) is 2. The number of nitrogens with two attached hydrogens (primary N) is 1. The SMILES string of the molecule is NC(CN1CCN(c2nncc3ccccc23)CC1)=NO. The van der Waals surface area contributed by atoms with Crippen molar-refractivity contribution in [2.75, 3.05) is 37.6 Å². The Hall–Kier alpha value is -2.41. The number of rotatable bonds is 3. The summed E-state index contributed by atoms with van der Waals surface area (Å²) in [6.07, 6.45) is 1.79. The van der Waals surface area contributed by atoms with Gasteiger partial charge in [-0.2, -0.15) is 5.10 Å². The van der Waals surface area contributed by atoms with E-state index in [-0.39, 0.29) is 5.84 Å². The van der Waals surface area contributed by atoms with E-state index in [1.54, 1.807) is 6.20 Å². The van der Waals surface area contributed by atoms with Crippen molar-refractivity contribution in [1.29, 1.82) is 0 Å². The average Bonchev–Trinajstić information content (AvgIpc) is 2.55. The fourth-order valence-electron chi connectivity index (χ4n) is 2.62. The molecule has 2 heterocycles. The Morgan fingerprint density at radius 2 is 2.00 bits per heavy atom. The highest BCUT2D eigenvalue weighted by Gasteiger charge is 2.20. The largest absolute Gasteiger partial charge is 0.409 e. The van der Waals surface area contributed by atoms with Crippen molar-refractivity contribution in [3.05, 3.63) is 30.5 Å². The molecule has 0 aliphatic carbocycles. The van der Waals surface area contributed by atoms with E-state index in [9.17, 15) is 0 Å². The van der Waals surface area contributed by atoms with E-state index in [1.165, 1.54) is 0 Å². The van der Waals surface area contributed by atoms with Crippen LogP contribution in [-0.4, -0.2) is 58.9 Å². The number of hydrogen-bond acceptors (Lipinski definition) is 6. The molecule has 1 aromatic heterocycles. The van der Waals surface area contributed by atoms with Crippen molar-refractivity contribution in [1.82, 2.24) is 15.1 Å². The molecule has 0 spiro atoms. The summed E-state index contributed by atoms with van der Waals surface area (Å²) in [7, 11) is 0. The van der Waals surface area contributed by atoms with Crippen molar-refractivity contribution in [2.45, 2.75) is 0 Å². The molecular weight excluding hydrogens is 268 g/mol. The maximum absolute atomic E-state index is 8.62. The number of benzene rings is 1. The monoisotopic (exact) mass is 286 g/mol. The molecule has 0 atom stereocenters. The first-order valence-corrected chi connectivity index (χ1v) is 6.92. The number of fused-ring (bicyclic) bond motifs is 1. The summed E-state index contributed by atoms with van der Waals surface area (Å²) in [5.74, 6) is 1.17. The van der Waals surface area contributed by atoms with Crippen LogP contribution in [0.1, 0.15) is 0 Å². The lowest BCUT2D eigenvalue weighted by Crippen LogP contribution is -2.49. The Labute approximate surface area is 122 Å². The van der Waals surface area contributed by atoms with Crippen molar-refractivity contribution >= 4 is 22.4 Å². The maximum atomic E-state index is 8.62. The van der Waals surface area contributed by atoms with Gasteiger partial charge in [0.2, 0.25) is 0 Å². The average molecular weight is 286 g/mol. The molecule has 1 fully saturated rings. The van der Waals surface area contributed by atoms with Crippen LogP contribution in [0.2, 0.25) is 0 Å². The van der Waals surface area contributed by atoms with Gasteiger partial charge in [0.05, 0.1) is 12.7 Å². The molecule has 0 saturated carbocycles. The fraction of sp³-hybridized carbons (Fsp3) is 0.357. The van der Waals surface area contributed by atoms with Crippen LogP contribution in [0.25, 0.3) is 10.8 Å². The number of piperazine rings is 1. The number of amidine groups is 1. The Kier molecular flexibility index (Phi) is 3.83. The third-order valence-corrected chi connectivity index (χ3v) is 3.74. The van der Waals surface area contributed by atoms with Crippen LogP contribution in [0, 0.1) is 0 Å². The lowest BCUT2D eigenvalue weighted by atomic mass is 10.1. The molecule has 0 radical (unpaired) electrons. The summed E-state index contributed by atoms with van der Waals surface area (Å²) in [5, 5.41) is 22.3. The first-order chi connectivity index (χ1) is 10.3. The van der Waals surface area contributed by atoms with Crippen LogP contribution in [0.4, 0.5) is 5.82 Å². The van der Waals surface area contributed by atoms with Crippen molar-refractivity contribution in [3.8, 4) is 0 Å². The molecule has 1 aliphatic rings. The lowest BCUT2D eigenvalue weighted by Gasteiger charge is -2.35. The van der Waals surface area contributed by atoms with Crippen LogP contribution < -0.4 is 10.6 Å². The lowest BCUT2D eigenvalue weighted by molar-refractivity contribution is 0.278. The molecular formula is C14H18N6O. The molecule has 3 N–H and O–H groups in total. The zero-order chi connectivity index (χ0) is 14.7. The quantitative estimate of drug-likeness (QED) is 0.369. The molecule has 0 bridgehead atoms. The topological polar surface area (TPSA) is 90.9 Å². The number of aromatic nitrogens is 2. The Morgan fingerprint density at radius 1 is 1.24 bits per heavy atom. The van der Waals surface area contributed by atoms with Gasteiger partial charge in [-0.15, -0.1) is 5.10 Å². The van der Waals surface area contributed by atoms with Gasteiger partial charge in [0, 0.05) is 37.0 Å². The highest BCUT2D eigenvalue weighted by molar-refractivity contribution is 5.91. The van der Waals surface area contributed by atoms with E-state index < -0.39 is 0 Å². The summed E-state index contributed by atoms with van der Waals surface area (Å²) < 4.78 is 0. The zero-order valence-electron chi connectivity index (χ0n) is 11.7. The van der Waals surface area contributed by atoms with E-state index >= 15 is 0 Å². The molecule has 3 rings (SSSR count). The standard InChI is InChI=1S/C14H18N6O/c15-13(18-21)10-19-5-7-20(8-6-19)14-12-4-2-1-3-11(12)9-16-17-14/h1-4,9,21H,5-8,10H2,(H2,15,18). The van der Waals surface area contributed by atoms with E-state index in [0.717, 1.165) is 42.8 Å². The molecule has 21 heavy (non-hydrogen) atoms. The maximum Gasteiger partial charge on any atom is 0.159 e. The second-order valence-corrected chi connectivity index (χ2v) is 5.11. The van der Waals surface area contributed by atoms with E-state index in [0.29, 0.717) is 6.54 Å². The zero-order valence-corrected chi connectivity index (χ0v) is 11.7. The second kappa shape index (κ2) is 5.92. The van der Waals surface area contributed by atoms with Crippen molar-refractivity contribution < 1.29 is 5.21 Å². The van der Waals surface area contributed by atoms with Gasteiger partial charge in [-0.3, -0.25) is 4.90 Å². The minimum atomic E-state index is 0.244. The summed E-state index contributed by atoms with van der Waals surface area (Å²) in [6.45, 7) is 3.89. The van der Waals surface area contributed by atoms with Gasteiger partial charge in [-0.25, -0.2) is 0 Å². The van der Waals surface area contributed by atoms with Crippen LogP contribution in [-0.2, 0) is 0 Å². The normalized spacial score (nSPS) is 17.3. The van der Waals surface area contributed by atoms with Crippen LogP contribution in [0.3, 0.4) is 0 Å². The second-order valence-electron chi connectivity index (χ2n) is 5.11. The molecule has 1 aromatic carbocycles. The smallest absolute Gasteiger partial charge is 0.159 e. The van der Waals surface area contributed by atoms with E-state index in [1.807, 2.05) is 18.2 Å². The van der Waals surface area contributed by atoms with Crippen LogP contribution in [0.15, 0.2) is 35.6 Å². The predicted molar refractivity (Wildman–Crippen MR) is 81.6 cm³/mol. The number of anilines is 1. The summed E-state index contributed by atoms with van der Waals surface area (Å²) in [4.78, 5) is 4.39. The highest BCUT2D eigenvalue weighted by atomic mass is 16.4. The van der Waals surface area contributed by atoms with Gasteiger partial charge in [-0.05, 0) is 0 Å². The summed E-state index contributed by atoms with van der Waals surface area (Å²) in [6, 6.07) is 8.13. The number of nitrogens with zero attached hydrogens (tertiary/aromatic N) is 5. The Morgan fingerprint density at radius 3 is 2.76 bits per heavy atom. The minimum Gasteiger partial charge on any atom is -0.409 e. The molecule has 1 aliphatic heterocycles. The van der Waals surface area contributed by atoms with Gasteiger partial charge in [0.1, 0.15) is 0 Å². The molecule has 7 heteroatoms. The summed E-state index contributed by atoms with van der Waals surface area (Å²) in [5.41, 5.74) is 5.55. The molecule has 110 valence electrons.